The molecule has 104 valence electrons. The number of benzene rings is 1. The molecule has 0 radical (unpaired) electrons. The van der Waals surface area contributed by atoms with Crippen LogP contribution in [0.4, 0.5) is 0 Å². The van der Waals surface area contributed by atoms with Crippen molar-refractivity contribution in [3.8, 4) is 0 Å². The predicted molar refractivity (Wildman–Crippen MR) is 72.4 cm³/mol. The number of sulfonamides is 1. The second-order valence-corrected chi connectivity index (χ2v) is 6.78. The number of rotatable bonds is 4. The molecule has 1 aliphatic heterocycles. The molecule has 0 saturated carbocycles. The quantitative estimate of drug-likeness (QED) is 0.832. The van der Waals surface area contributed by atoms with Gasteiger partial charge in [0.1, 0.15) is 4.90 Å². The lowest BCUT2D eigenvalue weighted by atomic mass is 10.2. The molecule has 2 rings (SSSR count). The molecule has 19 heavy (non-hydrogen) atoms. The minimum absolute atomic E-state index is 0.118. The molecule has 6 heteroatoms. The fourth-order valence-electron chi connectivity index (χ4n) is 1.96. The van der Waals surface area contributed by atoms with E-state index in [9.17, 15) is 13.2 Å². The van der Waals surface area contributed by atoms with Crippen molar-refractivity contribution in [3.05, 3.63) is 29.8 Å². The van der Waals surface area contributed by atoms with Crippen molar-refractivity contribution in [3.63, 3.8) is 0 Å². The van der Waals surface area contributed by atoms with Gasteiger partial charge >= 0.3 is 0 Å². The smallest absolute Gasteiger partial charge is 0.269 e. The van der Waals surface area contributed by atoms with E-state index in [2.05, 4.69) is 0 Å². The second kappa shape index (κ2) is 4.94. The Morgan fingerprint density at radius 1 is 1.26 bits per heavy atom. The summed E-state index contributed by atoms with van der Waals surface area (Å²) in [6, 6.07) is 6.65. The monoisotopic (exact) mass is 282 g/mol. The van der Waals surface area contributed by atoms with E-state index >= 15 is 0 Å². The summed E-state index contributed by atoms with van der Waals surface area (Å²) in [5, 5.41) is 0. The highest BCUT2D eigenvalue weighted by Gasteiger charge is 2.40. The zero-order valence-corrected chi connectivity index (χ0v) is 12.1. The van der Waals surface area contributed by atoms with Gasteiger partial charge in [0.05, 0.1) is 12.1 Å². The Kier molecular flexibility index (Phi) is 3.64. The summed E-state index contributed by atoms with van der Waals surface area (Å²) >= 11 is 0. The average molecular weight is 282 g/mol. The van der Waals surface area contributed by atoms with Gasteiger partial charge in [0.25, 0.3) is 15.9 Å². The van der Waals surface area contributed by atoms with Crippen molar-refractivity contribution >= 4 is 15.9 Å². The van der Waals surface area contributed by atoms with Crippen LogP contribution in [0.1, 0.15) is 24.2 Å². The van der Waals surface area contributed by atoms with Crippen LogP contribution in [-0.2, 0) is 10.0 Å². The third kappa shape index (κ3) is 2.37. The number of hydrogen-bond donors (Lipinski definition) is 0. The van der Waals surface area contributed by atoms with Gasteiger partial charge < -0.3 is 4.90 Å². The van der Waals surface area contributed by atoms with Gasteiger partial charge in [0, 0.05) is 12.6 Å². The summed E-state index contributed by atoms with van der Waals surface area (Å²) in [7, 11) is -1.75. The molecule has 1 heterocycles. The van der Waals surface area contributed by atoms with E-state index in [1.807, 2.05) is 25.8 Å². The lowest BCUT2D eigenvalue weighted by molar-refractivity contribution is 0.0859. The van der Waals surface area contributed by atoms with Crippen molar-refractivity contribution in [2.75, 3.05) is 20.1 Å². The van der Waals surface area contributed by atoms with E-state index < -0.39 is 15.9 Å². The van der Waals surface area contributed by atoms with Crippen LogP contribution in [0.2, 0.25) is 0 Å². The molecule has 0 fully saturated rings. The Hall–Kier alpha value is -1.40. The van der Waals surface area contributed by atoms with Gasteiger partial charge in [0.15, 0.2) is 0 Å². The molecular weight excluding hydrogens is 264 g/mol. The fraction of sp³-hybridized carbons (Fsp3) is 0.462. The Morgan fingerprint density at radius 3 is 2.47 bits per heavy atom. The predicted octanol–water partition coefficient (Wildman–Crippen LogP) is 1.17. The van der Waals surface area contributed by atoms with Gasteiger partial charge in [-0.05, 0) is 33.0 Å². The molecule has 1 aromatic rings. The molecule has 0 N–H and O–H groups in total. The summed E-state index contributed by atoms with van der Waals surface area (Å²) in [5.74, 6) is -0.423. The SMILES string of the molecule is CC(C)N(C)CCN1C(=O)c2ccccc2S1(=O)=O. The molecule has 5 nitrogen and oxygen atoms in total. The third-order valence-electron chi connectivity index (χ3n) is 3.45. The van der Waals surface area contributed by atoms with Crippen molar-refractivity contribution in [2.45, 2.75) is 24.8 Å². The fourth-order valence-corrected chi connectivity index (χ4v) is 3.52. The van der Waals surface area contributed by atoms with Crippen molar-refractivity contribution in [2.24, 2.45) is 0 Å². The van der Waals surface area contributed by atoms with Crippen LogP contribution in [0.25, 0.3) is 0 Å². The zero-order valence-electron chi connectivity index (χ0n) is 11.3. The van der Waals surface area contributed by atoms with Crippen LogP contribution in [0.15, 0.2) is 29.2 Å². The number of fused-ring (bicyclic) bond motifs is 1. The zero-order chi connectivity index (χ0) is 14.2. The topological polar surface area (TPSA) is 57.7 Å². The van der Waals surface area contributed by atoms with Crippen LogP contribution in [0.5, 0.6) is 0 Å². The van der Waals surface area contributed by atoms with E-state index in [0.717, 1.165) is 4.31 Å². The summed E-state index contributed by atoms with van der Waals surface area (Å²) in [6.07, 6.45) is 0. The molecule has 0 unspecified atom stereocenters. The normalized spacial score (nSPS) is 17.3. The highest BCUT2D eigenvalue weighted by molar-refractivity contribution is 7.90. The van der Waals surface area contributed by atoms with E-state index in [0.29, 0.717) is 12.6 Å². The highest BCUT2D eigenvalue weighted by Crippen LogP contribution is 2.29. The molecule has 1 amide bonds. The molecule has 0 aromatic heterocycles. The first kappa shape index (κ1) is 14.0. The molecular formula is C13H18N2O3S. The minimum atomic E-state index is -3.66. The lowest BCUT2D eigenvalue weighted by Crippen LogP contribution is -2.39. The number of carbonyl (C=O) groups is 1. The second-order valence-electron chi connectivity index (χ2n) is 4.95. The van der Waals surface area contributed by atoms with Gasteiger partial charge in [-0.2, -0.15) is 0 Å². The van der Waals surface area contributed by atoms with Crippen LogP contribution >= 0.6 is 0 Å². The van der Waals surface area contributed by atoms with Crippen molar-refractivity contribution < 1.29 is 13.2 Å². The molecule has 0 atom stereocenters. The van der Waals surface area contributed by atoms with Gasteiger partial charge in [0.2, 0.25) is 0 Å². The van der Waals surface area contributed by atoms with Gasteiger partial charge in [-0.15, -0.1) is 0 Å². The number of nitrogens with zero attached hydrogens (tertiary/aromatic N) is 2. The van der Waals surface area contributed by atoms with E-state index in [1.165, 1.54) is 6.07 Å². The first-order valence-electron chi connectivity index (χ1n) is 6.22. The van der Waals surface area contributed by atoms with Gasteiger partial charge in [-0.3, -0.25) is 4.79 Å². The number of carbonyl (C=O) groups excluding carboxylic acids is 1. The summed E-state index contributed by atoms with van der Waals surface area (Å²) in [6.45, 7) is 4.76. The molecule has 0 saturated heterocycles. The molecule has 0 bridgehead atoms. The third-order valence-corrected chi connectivity index (χ3v) is 5.29. The summed E-state index contributed by atoms with van der Waals surface area (Å²) in [5.41, 5.74) is 0.273. The number of amides is 1. The molecule has 0 spiro atoms. The Bertz CT molecular complexity index is 596. The van der Waals surface area contributed by atoms with Crippen LogP contribution < -0.4 is 0 Å². The largest absolute Gasteiger partial charge is 0.302 e. The minimum Gasteiger partial charge on any atom is -0.302 e. The van der Waals surface area contributed by atoms with Gasteiger partial charge in [-0.25, -0.2) is 12.7 Å². The van der Waals surface area contributed by atoms with Crippen LogP contribution in [0.3, 0.4) is 0 Å². The Balaban J connectivity index is 2.24. The first-order valence-corrected chi connectivity index (χ1v) is 7.66. The summed E-state index contributed by atoms with van der Waals surface area (Å²) < 4.78 is 25.5. The Morgan fingerprint density at radius 2 is 1.89 bits per heavy atom. The molecule has 0 aliphatic carbocycles. The Labute approximate surface area is 113 Å². The maximum atomic E-state index is 12.3. The number of hydrogen-bond acceptors (Lipinski definition) is 4. The molecule has 1 aliphatic rings. The average Bonchev–Trinajstić information content (AvgIpc) is 2.56. The maximum Gasteiger partial charge on any atom is 0.269 e. The van der Waals surface area contributed by atoms with E-state index in [1.54, 1.807) is 18.2 Å². The maximum absolute atomic E-state index is 12.3. The summed E-state index contributed by atoms with van der Waals surface area (Å²) in [4.78, 5) is 14.2. The van der Waals surface area contributed by atoms with E-state index in [-0.39, 0.29) is 17.0 Å². The highest BCUT2D eigenvalue weighted by atomic mass is 32.2. The number of likely N-dealkylation sites (N-methyl/N-ethyl adjacent to an activating group) is 1. The van der Waals surface area contributed by atoms with Crippen molar-refractivity contribution in [1.82, 2.24) is 9.21 Å². The van der Waals surface area contributed by atoms with Crippen LogP contribution in [0, 0.1) is 0 Å². The molecule has 1 aromatic carbocycles. The van der Waals surface area contributed by atoms with E-state index in [4.69, 9.17) is 0 Å². The van der Waals surface area contributed by atoms with Crippen molar-refractivity contribution in [1.29, 1.82) is 0 Å². The first-order chi connectivity index (χ1) is 8.85. The standard InChI is InChI=1S/C13H18N2O3S/c1-10(2)14(3)8-9-15-13(16)11-6-4-5-7-12(11)19(15,17)18/h4-7,10H,8-9H2,1-3H3. The van der Waals surface area contributed by atoms with Crippen LogP contribution in [-0.4, -0.2) is 49.7 Å². The lowest BCUT2D eigenvalue weighted by Gasteiger charge is -2.23. The van der Waals surface area contributed by atoms with Gasteiger partial charge in [-0.1, -0.05) is 12.1 Å².